The van der Waals surface area contributed by atoms with E-state index in [1.165, 1.54) is 0 Å². The number of benzene rings is 3. The third kappa shape index (κ3) is 4.96. The number of carbonyl (C=O) groups excluding carboxylic acids is 2. The van der Waals surface area contributed by atoms with Gasteiger partial charge in [-0.25, -0.2) is 0 Å². The fraction of sp³-hybridized carbons (Fsp3) is 0.120. The summed E-state index contributed by atoms with van der Waals surface area (Å²) in [5, 5.41) is 7.64. The van der Waals surface area contributed by atoms with Crippen molar-refractivity contribution in [2.45, 2.75) is 19.0 Å². The summed E-state index contributed by atoms with van der Waals surface area (Å²) in [6.07, 6.45) is 2.18. The van der Waals surface area contributed by atoms with Crippen molar-refractivity contribution in [2.75, 3.05) is 0 Å². The Kier molecular flexibility index (Phi) is 6.78. The first-order chi connectivity index (χ1) is 15.5. The van der Waals surface area contributed by atoms with Crippen LogP contribution < -0.4 is 10.6 Å². The second-order valence-corrected chi connectivity index (χ2v) is 8.19. The monoisotopic (exact) mass is 465 g/mol. The highest BCUT2D eigenvalue weighted by molar-refractivity contribution is 6.33. The first-order valence-corrected chi connectivity index (χ1v) is 10.9. The number of halogens is 2. The molecule has 162 valence electrons. The second-order valence-electron chi connectivity index (χ2n) is 7.38. The molecule has 3 N–H and O–H groups in total. The molecule has 0 aliphatic carbocycles. The molecule has 4 aromatic rings. The lowest BCUT2D eigenvalue weighted by Gasteiger charge is -2.19. The minimum absolute atomic E-state index is 0.255. The molecule has 1 aromatic heterocycles. The zero-order valence-corrected chi connectivity index (χ0v) is 18.6. The first kappa shape index (κ1) is 21.9. The van der Waals surface area contributed by atoms with Gasteiger partial charge in [0.15, 0.2) is 0 Å². The van der Waals surface area contributed by atoms with Gasteiger partial charge in [0.2, 0.25) is 5.91 Å². The molecule has 0 fully saturated rings. The highest BCUT2D eigenvalue weighted by Gasteiger charge is 2.24. The lowest BCUT2D eigenvalue weighted by molar-refractivity contribution is -0.123. The Hall–Kier alpha value is -3.28. The van der Waals surface area contributed by atoms with Gasteiger partial charge in [0.25, 0.3) is 5.91 Å². The fourth-order valence-electron chi connectivity index (χ4n) is 3.56. The van der Waals surface area contributed by atoms with Crippen molar-refractivity contribution in [3.05, 3.63) is 106 Å². The van der Waals surface area contributed by atoms with E-state index < -0.39 is 11.9 Å². The molecule has 32 heavy (non-hydrogen) atoms. The van der Waals surface area contributed by atoms with Gasteiger partial charge < -0.3 is 15.6 Å². The van der Waals surface area contributed by atoms with Gasteiger partial charge in [-0.3, -0.25) is 9.59 Å². The maximum absolute atomic E-state index is 13.1. The summed E-state index contributed by atoms with van der Waals surface area (Å²) in [5.74, 6) is -0.719. The molecule has 1 atom stereocenters. The quantitative estimate of drug-likeness (QED) is 0.353. The minimum atomic E-state index is -0.805. The molecule has 4 rings (SSSR count). The minimum Gasteiger partial charge on any atom is -0.361 e. The van der Waals surface area contributed by atoms with E-state index in [1.807, 2.05) is 48.7 Å². The molecule has 1 unspecified atom stereocenters. The Balaban J connectivity index is 1.56. The van der Waals surface area contributed by atoms with E-state index in [4.69, 9.17) is 23.2 Å². The molecule has 0 aliphatic rings. The molecule has 0 bridgehead atoms. The van der Waals surface area contributed by atoms with Crippen LogP contribution in [0.5, 0.6) is 0 Å². The van der Waals surface area contributed by atoms with Crippen LogP contribution in [0.4, 0.5) is 0 Å². The molecule has 1 heterocycles. The van der Waals surface area contributed by atoms with E-state index in [0.29, 0.717) is 22.0 Å². The highest BCUT2D eigenvalue weighted by atomic mass is 35.5. The Bertz CT molecular complexity index is 1270. The van der Waals surface area contributed by atoms with Gasteiger partial charge >= 0.3 is 0 Å². The molecular formula is C25H21Cl2N3O2. The van der Waals surface area contributed by atoms with Crippen molar-refractivity contribution in [3.63, 3.8) is 0 Å². The summed E-state index contributed by atoms with van der Waals surface area (Å²) in [6, 6.07) is 21.1. The molecule has 2 amide bonds. The smallest absolute Gasteiger partial charge is 0.253 e. The summed E-state index contributed by atoms with van der Waals surface area (Å²) < 4.78 is 0. The molecule has 0 saturated carbocycles. The van der Waals surface area contributed by atoms with Crippen LogP contribution in [0.2, 0.25) is 10.0 Å². The molecule has 0 spiro atoms. The number of carbonyl (C=O) groups is 2. The van der Waals surface area contributed by atoms with E-state index in [-0.39, 0.29) is 12.5 Å². The average molecular weight is 466 g/mol. The largest absolute Gasteiger partial charge is 0.361 e. The van der Waals surface area contributed by atoms with Gasteiger partial charge in [-0.2, -0.15) is 0 Å². The number of para-hydroxylation sites is 1. The second kappa shape index (κ2) is 9.90. The summed E-state index contributed by atoms with van der Waals surface area (Å²) in [7, 11) is 0. The van der Waals surface area contributed by atoms with Crippen molar-refractivity contribution in [3.8, 4) is 0 Å². The van der Waals surface area contributed by atoms with Crippen LogP contribution >= 0.6 is 23.2 Å². The van der Waals surface area contributed by atoms with Crippen LogP contribution in [0.1, 0.15) is 21.5 Å². The maximum Gasteiger partial charge on any atom is 0.253 e. The van der Waals surface area contributed by atoms with Crippen LogP contribution in [-0.2, 0) is 17.8 Å². The van der Waals surface area contributed by atoms with E-state index in [2.05, 4.69) is 15.6 Å². The van der Waals surface area contributed by atoms with Crippen molar-refractivity contribution in [1.29, 1.82) is 0 Å². The van der Waals surface area contributed by atoms with Crippen molar-refractivity contribution in [2.24, 2.45) is 0 Å². The third-order valence-corrected chi connectivity index (χ3v) is 5.95. The maximum atomic E-state index is 13.1. The van der Waals surface area contributed by atoms with Crippen molar-refractivity contribution >= 4 is 45.9 Å². The van der Waals surface area contributed by atoms with Crippen molar-refractivity contribution < 1.29 is 9.59 Å². The van der Waals surface area contributed by atoms with Crippen LogP contribution in [0, 0.1) is 0 Å². The average Bonchev–Trinajstić information content (AvgIpc) is 3.21. The number of amides is 2. The third-order valence-electron chi connectivity index (χ3n) is 5.25. The summed E-state index contributed by atoms with van der Waals surface area (Å²) >= 11 is 12.4. The van der Waals surface area contributed by atoms with Crippen LogP contribution in [0.3, 0.4) is 0 Å². The summed E-state index contributed by atoms with van der Waals surface area (Å²) in [5.41, 5.74) is 3.01. The summed E-state index contributed by atoms with van der Waals surface area (Å²) in [6.45, 7) is 0.255. The van der Waals surface area contributed by atoms with Crippen LogP contribution in [0.15, 0.2) is 79.0 Å². The number of hydrogen-bond acceptors (Lipinski definition) is 2. The van der Waals surface area contributed by atoms with Gasteiger partial charge in [-0.1, -0.05) is 71.7 Å². The molecule has 7 heteroatoms. The van der Waals surface area contributed by atoms with Gasteiger partial charge in [0.05, 0.1) is 10.6 Å². The lowest BCUT2D eigenvalue weighted by Crippen LogP contribution is -2.47. The molecule has 0 radical (unpaired) electrons. The normalized spacial score (nSPS) is 11.8. The predicted molar refractivity (Wildman–Crippen MR) is 128 cm³/mol. The number of H-pyrrole nitrogens is 1. The molecule has 3 aromatic carbocycles. The standard InChI is InChI=1S/C25H21Cl2N3O2/c26-20-10-4-1-7-16(20)14-29-25(32)23(30-24(31)19-9-2-5-11-21(19)27)13-17-15-28-22-12-6-3-8-18(17)22/h1-12,15,23,28H,13-14H2,(H,29,32)(H,30,31). The zero-order valence-electron chi connectivity index (χ0n) is 17.1. The van der Waals surface area contributed by atoms with Gasteiger partial charge in [-0.05, 0) is 35.4 Å². The number of nitrogens with one attached hydrogen (secondary N) is 3. The van der Waals surface area contributed by atoms with Crippen molar-refractivity contribution in [1.82, 2.24) is 15.6 Å². The molecule has 0 aliphatic heterocycles. The first-order valence-electron chi connectivity index (χ1n) is 10.1. The molecular weight excluding hydrogens is 445 g/mol. The summed E-state index contributed by atoms with van der Waals surface area (Å²) in [4.78, 5) is 29.2. The molecule has 5 nitrogen and oxygen atoms in total. The number of aromatic nitrogens is 1. The topological polar surface area (TPSA) is 74.0 Å². The lowest BCUT2D eigenvalue weighted by atomic mass is 10.0. The Morgan fingerprint density at radius 3 is 2.31 bits per heavy atom. The number of hydrogen-bond donors (Lipinski definition) is 3. The van der Waals surface area contributed by atoms with Crippen LogP contribution in [-0.4, -0.2) is 22.8 Å². The Morgan fingerprint density at radius 2 is 1.53 bits per heavy atom. The Labute approximate surface area is 195 Å². The van der Waals surface area contributed by atoms with E-state index in [9.17, 15) is 9.59 Å². The SMILES string of the molecule is O=C(NC(Cc1c[nH]c2ccccc12)C(=O)NCc1ccccc1Cl)c1ccccc1Cl. The Morgan fingerprint density at radius 1 is 0.844 bits per heavy atom. The van der Waals surface area contributed by atoms with Gasteiger partial charge in [0.1, 0.15) is 6.04 Å². The van der Waals surface area contributed by atoms with E-state index in [0.717, 1.165) is 22.0 Å². The van der Waals surface area contributed by atoms with E-state index in [1.54, 1.807) is 30.3 Å². The van der Waals surface area contributed by atoms with Crippen LogP contribution in [0.25, 0.3) is 10.9 Å². The molecule has 0 saturated heterocycles. The fourth-order valence-corrected chi connectivity index (χ4v) is 3.98. The highest BCUT2D eigenvalue weighted by Crippen LogP contribution is 2.20. The van der Waals surface area contributed by atoms with Gasteiger partial charge in [-0.15, -0.1) is 0 Å². The predicted octanol–water partition coefficient (Wildman–Crippen LogP) is 5.13. The zero-order chi connectivity index (χ0) is 22.5. The number of rotatable bonds is 7. The van der Waals surface area contributed by atoms with E-state index >= 15 is 0 Å². The number of aromatic amines is 1. The number of fused-ring (bicyclic) bond motifs is 1. The van der Waals surface area contributed by atoms with Gasteiger partial charge in [0, 0.05) is 35.1 Å².